The second-order valence-corrected chi connectivity index (χ2v) is 9.28. The molecule has 0 aliphatic carbocycles. The summed E-state index contributed by atoms with van der Waals surface area (Å²) in [6, 6.07) is 9.06. The van der Waals surface area contributed by atoms with E-state index in [4.69, 9.17) is 4.74 Å². The molecule has 0 atom stereocenters. The molecule has 0 saturated carbocycles. The summed E-state index contributed by atoms with van der Waals surface area (Å²) < 4.78 is 7.05. The minimum atomic E-state index is -0.439. The number of rotatable bonds is 6. The van der Waals surface area contributed by atoms with Crippen molar-refractivity contribution < 1.29 is 23.9 Å². The number of amides is 3. The van der Waals surface area contributed by atoms with Gasteiger partial charge in [0.05, 0.1) is 17.1 Å². The lowest BCUT2D eigenvalue weighted by Crippen LogP contribution is -2.40. The predicted molar refractivity (Wildman–Crippen MR) is 130 cm³/mol. The molecule has 2 aliphatic heterocycles. The van der Waals surface area contributed by atoms with Crippen molar-refractivity contribution in [3.8, 4) is 5.69 Å². The molecule has 0 radical (unpaired) electrons. The van der Waals surface area contributed by atoms with Crippen LogP contribution in [0.25, 0.3) is 11.8 Å². The first-order valence-corrected chi connectivity index (χ1v) is 12.1. The minimum absolute atomic E-state index is 0.189. The van der Waals surface area contributed by atoms with E-state index in [1.165, 1.54) is 0 Å². The Bertz CT molecular complexity index is 1180. The fourth-order valence-electron chi connectivity index (χ4n) is 4.27. The van der Waals surface area contributed by atoms with Crippen LogP contribution in [0.3, 0.4) is 0 Å². The number of imide groups is 1. The molecule has 3 heterocycles. The van der Waals surface area contributed by atoms with Gasteiger partial charge in [-0.1, -0.05) is 0 Å². The predicted octanol–water partition coefficient (Wildman–Crippen LogP) is 3.93. The molecular formula is C25H27N3O5S. The van der Waals surface area contributed by atoms with Gasteiger partial charge in [-0.05, 0) is 87.3 Å². The summed E-state index contributed by atoms with van der Waals surface area (Å²) in [5, 5.41) is -0.424. The van der Waals surface area contributed by atoms with Crippen LogP contribution in [-0.2, 0) is 14.3 Å². The van der Waals surface area contributed by atoms with Gasteiger partial charge in [0.1, 0.15) is 6.54 Å². The van der Waals surface area contributed by atoms with Crippen LogP contribution in [0.15, 0.2) is 35.2 Å². The average molecular weight is 482 g/mol. The monoisotopic (exact) mass is 481 g/mol. The third-order valence-corrected chi connectivity index (χ3v) is 6.93. The van der Waals surface area contributed by atoms with E-state index in [1.807, 2.05) is 36.6 Å². The van der Waals surface area contributed by atoms with Crippen LogP contribution in [0.2, 0.25) is 0 Å². The molecule has 0 N–H and O–H groups in total. The zero-order valence-electron chi connectivity index (χ0n) is 19.5. The van der Waals surface area contributed by atoms with E-state index < -0.39 is 11.1 Å². The van der Waals surface area contributed by atoms with Crippen molar-refractivity contribution in [2.24, 2.45) is 0 Å². The first-order valence-electron chi connectivity index (χ1n) is 11.3. The number of nitrogens with zero attached hydrogens (tertiary/aromatic N) is 3. The fourth-order valence-corrected chi connectivity index (χ4v) is 5.10. The van der Waals surface area contributed by atoms with Crippen LogP contribution in [0.5, 0.6) is 0 Å². The smallest absolute Gasteiger partial charge is 0.338 e. The second-order valence-electron chi connectivity index (χ2n) is 8.28. The van der Waals surface area contributed by atoms with E-state index in [1.54, 1.807) is 30.0 Å². The van der Waals surface area contributed by atoms with Gasteiger partial charge in [0, 0.05) is 30.2 Å². The number of likely N-dealkylation sites (tertiary alicyclic amines) is 1. The molecule has 4 rings (SSSR count). The van der Waals surface area contributed by atoms with Gasteiger partial charge in [-0.3, -0.25) is 19.3 Å². The molecule has 34 heavy (non-hydrogen) atoms. The number of hydrogen-bond donors (Lipinski definition) is 0. The Kier molecular flexibility index (Phi) is 6.92. The zero-order valence-corrected chi connectivity index (χ0v) is 20.3. The van der Waals surface area contributed by atoms with E-state index in [9.17, 15) is 19.2 Å². The number of benzene rings is 1. The van der Waals surface area contributed by atoms with Gasteiger partial charge in [-0.2, -0.15) is 0 Å². The molecule has 3 amide bonds. The molecule has 2 aromatic rings. The lowest BCUT2D eigenvalue weighted by molar-refractivity contribution is -0.135. The van der Waals surface area contributed by atoms with E-state index in [2.05, 4.69) is 0 Å². The Labute approximate surface area is 202 Å². The fraction of sp³-hybridized carbons (Fsp3) is 0.360. The average Bonchev–Trinajstić information content (AvgIpc) is 3.51. The van der Waals surface area contributed by atoms with Crippen molar-refractivity contribution in [3.63, 3.8) is 0 Å². The number of esters is 1. The highest BCUT2D eigenvalue weighted by Crippen LogP contribution is 2.34. The summed E-state index contributed by atoms with van der Waals surface area (Å²) in [5.41, 5.74) is 3.98. The number of carbonyl (C=O) groups excluding carboxylic acids is 4. The molecule has 8 nitrogen and oxygen atoms in total. The van der Waals surface area contributed by atoms with Crippen LogP contribution in [0.4, 0.5) is 4.79 Å². The lowest BCUT2D eigenvalue weighted by atomic mass is 10.2. The Morgan fingerprint density at radius 2 is 1.76 bits per heavy atom. The molecule has 2 fully saturated rings. The highest BCUT2D eigenvalue weighted by atomic mass is 32.2. The van der Waals surface area contributed by atoms with Crippen molar-refractivity contribution in [2.75, 3.05) is 26.2 Å². The third kappa shape index (κ3) is 4.65. The SMILES string of the molecule is CCOC(=O)c1ccc(-n2c(C)cc(/C=C3\SC(=O)N(CC(=O)N4CCCC4)C3=O)c2C)cc1. The largest absolute Gasteiger partial charge is 0.462 e. The van der Waals surface area contributed by atoms with E-state index >= 15 is 0 Å². The first-order chi connectivity index (χ1) is 16.3. The molecule has 1 aromatic carbocycles. The highest BCUT2D eigenvalue weighted by Gasteiger charge is 2.37. The van der Waals surface area contributed by atoms with Crippen molar-refractivity contribution in [1.29, 1.82) is 0 Å². The molecular weight excluding hydrogens is 454 g/mol. The summed E-state index contributed by atoms with van der Waals surface area (Å²) in [6.07, 6.45) is 3.61. The number of aryl methyl sites for hydroxylation is 1. The number of aromatic nitrogens is 1. The Hall–Kier alpha value is -3.33. The molecule has 9 heteroatoms. The van der Waals surface area contributed by atoms with Crippen molar-refractivity contribution in [1.82, 2.24) is 14.4 Å². The molecule has 0 unspecified atom stereocenters. The molecule has 1 aromatic heterocycles. The summed E-state index contributed by atoms with van der Waals surface area (Å²) >= 11 is 0.858. The van der Waals surface area contributed by atoms with E-state index in [0.717, 1.165) is 52.1 Å². The molecule has 178 valence electrons. The topological polar surface area (TPSA) is 88.9 Å². The maximum absolute atomic E-state index is 12.9. The van der Waals surface area contributed by atoms with Crippen LogP contribution in [-0.4, -0.2) is 63.6 Å². The number of carbonyl (C=O) groups is 4. The normalized spacial score (nSPS) is 17.2. The third-order valence-electron chi connectivity index (χ3n) is 6.02. The van der Waals surface area contributed by atoms with Crippen LogP contribution in [0, 0.1) is 13.8 Å². The van der Waals surface area contributed by atoms with Gasteiger partial charge in [-0.25, -0.2) is 4.79 Å². The number of hydrogen-bond acceptors (Lipinski definition) is 6. The van der Waals surface area contributed by atoms with Crippen molar-refractivity contribution >= 4 is 40.9 Å². The van der Waals surface area contributed by atoms with Gasteiger partial charge >= 0.3 is 5.97 Å². The lowest BCUT2D eigenvalue weighted by Gasteiger charge is -2.18. The number of ether oxygens (including phenoxy) is 1. The summed E-state index contributed by atoms with van der Waals surface area (Å²) in [6.45, 7) is 7.10. The molecule has 0 spiro atoms. The van der Waals surface area contributed by atoms with Crippen molar-refractivity contribution in [2.45, 2.75) is 33.6 Å². The Morgan fingerprint density at radius 3 is 2.41 bits per heavy atom. The molecule has 0 bridgehead atoms. The Balaban J connectivity index is 1.54. The van der Waals surface area contributed by atoms with Gasteiger partial charge in [0.15, 0.2) is 0 Å². The van der Waals surface area contributed by atoms with E-state index in [0.29, 0.717) is 30.2 Å². The maximum atomic E-state index is 12.9. The van der Waals surface area contributed by atoms with Gasteiger partial charge in [0.2, 0.25) is 5.91 Å². The van der Waals surface area contributed by atoms with Crippen LogP contribution < -0.4 is 0 Å². The number of thioether (sulfide) groups is 1. The van der Waals surface area contributed by atoms with Crippen LogP contribution >= 0.6 is 11.8 Å². The van der Waals surface area contributed by atoms with Crippen LogP contribution in [0.1, 0.15) is 47.1 Å². The maximum Gasteiger partial charge on any atom is 0.338 e. The molecule has 2 aliphatic rings. The van der Waals surface area contributed by atoms with Gasteiger partial charge in [0.25, 0.3) is 11.1 Å². The quantitative estimate of drug-likeness (QED) is 0.459. The zero-order chi connectivity index (χ0) is 24.4. The first kappa shape index (κ1) is 23.8. The minimum Gasteiger partial charge on any atom is -0.462 e. The van der Waals surface area contributed by atoms with Gasteiger partial charge in [-0.15, -0.1) is 0 Å². The van der Waals surface area contributed by atoms with Gasteiger partial charge < -0.3 is 14.2 Å². The van der Waals surface area contributed by atoms with Crippen molar-refractivity contribution in [3.05, 3.63) is 57.8 Å². The summed E-state index contributed by atoms with van der Waals surface area (Å²) in [5.74, 6) is -0.994. The Morgan fingerprint density at radius 1 is 1.09 bits per heavy atom. The second kappa shape index (κ2) is 9.89. The van der Waals surface area contributed by atoms with E-state index in [-0.39, 0.29) is 18.4 Å². The summed E-state index contributed by atoms with van der Waals surface area (Å²) in [7, 11) is 0. The summed E-state index contributed by atoms with van der Waals surface area (Å²) in [4.78, 5) is 52.8. The molecule has 2 saturated heterocycles. The standard InChI is InChI=1S/C25H27N3O5S/c1-4-33-24(31)18-7-9-20(10-8-18)28-16(2)13-19(17(28)3)14-21-23(30)27(25(32)34-21)15-22(29)26-11-5-6-12-26/h7-10,13-14H,4-6,11-12,15H2,1-3H3/b21-14-. The highest BCUT2D eigenvalue weighted by molar-refractivity contribution is 8.18.